The van der Waals surface area contributed by atoms with Crippen molar-refractivity contribution in [2.45, 2.75) is 90.6 Å². The van der Waals surface area contributed by atoms with Gasteiger partial charge in [0.05, 0.1) is 19.0 Å². The van der Waals surface area contributed by atoms with Gasteiger partial charge in [-0.05, 0) is 50.0 Å². The van der Waals surface area contributed by atoms with Crippen LogP contribution in [-0.4, -0.2) is 44.4 Å². The van der Waals surface area contributed by atoms with Crippen LogP contribution in [0.4, 0.5) is 4.79 Å². The highest BCUT2D eigenvalue weighted by atomic mass is 32.2. The van der Waals surface area contributed by atoms with Gasteiger partial charge in [-0.15, -0.1) is 0 Å². The van der Waals surface area contributed by atoms with Gasteiger partial charge in [-0.25, -0.2) is 17.9 Å². The number of carbonyl (C=O) groups excluding carboxylic acids is 2. The third-order valence-electron chi connectivity index (χ3n) is 6.02. The van der Waals surface area contributed by atoms with Crippen molar-refractivity contribution < 1.29 is 27.9 Å². The van der Waals surface area contributed by atoms with Crippen LogP contribution in [0, 0.1) is 17.8 Å². The van der Waals surface area contributed by atoms with Crippen molar-refractivity contribution in [1.29, 1.82) is 0 Å². The number of aliphatic hydroxyl groups excluding tert-OH is 1. The molecule has 0 radical (unpaired) electrons. The summed E-state index contributed by atoms with van der Waals surface area (Å²) >= 11 is 0. The first-order valence-electron chi connectivity index (χ1n) is 11.7. The van der Waals surface area contributed by atoms with Gasteiger partial charge < -0.3 is 9.84 Å². The lowest BCUT2D eigenvalue weighted by Gasteiger charge is -2.22. The number of hydrogen-bond donors (Lipinski definition) is 2. The molecule has 7 nitrogen and oxygen atoms in total. The molecule has 1 aliphatic rings. The molecule has 0 heterocycles. The van der Waals surface area contributed by atoms with E-state index in [1.807, 2.05) is 6.08 Å². The molecule has 1 rings (SSSR count). The van der Waals surface area contributed by atoms with Gasteiger partial charge in [0.1, 0.15) is 0 Å². The summed E-state index contributed by atoms with van der Waals surface area (Å²) in [4.78, 5) is 23.4. The fourth-order valence-corrected chi connectivity index (χ4v) is 4.41. The largest absolute Gasteiger partial charge is 0.449 e. The maximum atomic E-state index is 12.2. The number of aliphatic hydroxyl groups is 1. The van der Waals surface area contributed by atoms with E-state index < -0.39 is 16.1 Å². The SMILES string of the molecule is CCCCC(C)[C@@H](O)CC[C@H]1C=CC(=O)[C@@H]1CCCCCCCOC(=O)NS(C)(=O)=O. The Balaban J connectivity index is 2.17. The van der Waals surface area contributed by atoms with Crippen LogP contribution >= 0.6 is 0 Å². The molecule has 0 spiro atoms. The molecule has 1 unspecified atom stereocenters. The van der Waals surface area contributed by atoms with Gasteiger partial charge >= 0.3 is 6.09 Å². The van der Waals surface area contributed by atoms with E-state index >= 15 is 0 Å². The Morgan fingerprint density at radius 1 is 1.13 bits per heavy atom. The summed E-state index contributed by atoms with van der Waals surface area (Å²) in [6.45, 7) is 4.46. The summed E-state index contributed by atoms with van der Waals surface area (Å²) in [6.07, 6.45) is 13.7. The minimum absolute atomic E-state index is 0.0427. The number of sulfonamides is 1. The highest BCUT2D eigenvalue weighted by Crippen LogP contribution is 2.32. The van der Waals surface area contributed by atoms with Crippen molar-refractivity contribution >= 4 is 21.9 Å². The lowest BCUT2D eigenvalue weighted by atomic mass is 9.84. The molecule has 0 aromatic carbocycles. The minimum atomic E-state index is -3.58. The van der Waals surface area contributed by atoms with E-state index in [1.165, 1.54) is 0 Å². The standard InChI is InChI=1S/C23H41NO6S/c1-4-5-11-18(2)21(25)15-13-19-14-16-22(26)20(19)12-9-7-6-8-10-17-30-23(27)24-31(3,28)29/h14,16,18-21,25H,4-13,15,17H2,1-3H3,(H,24,27)/t18?,19-,20+,21-/m0/s1. The van der Waals surface area contributed by atoms with E-state index in [9.17, 15) is 23.1 Å². The van der Waals surface area contributed by atoms with Gasteiger partial charge in [0.25, 0.3) is 0 Å². The van der Waals surface area contributed by atoms with E-state index in [4.69, 9.17) is 4.74 Å². The number of allylic oxidation sites excluding steroid dienone is 2. The van der Waals surface area contributed by atoms with Crippen molar-refractivity contribution in [3.63, 3.8) is 0 Å². The molecule has 0 aliphatic heterocycles. The van der Waals surface area contributed by atoms with Crippen LogP contribution in [0.25, 0.3) is 0 Å². The Morgan fingerprint density at radius 2 is 1.81 bits per heavy atom. The minimum Gasteiger partial charge on any atom is -0.449 e. The van der Waals surface area contributed by atoms with Crippen LogP contribution in [0.1, 0.15) is 84.5 Å². The lowest BCUT2D eigenvalue weighted by molar-refractivity contribution is -0.118. The quantitative estimate of drug-likeness (QED) is 0.332. The second-order valence-corrected chi connectivity index (χ2v) is 10.6. The van der Waals surface area contributed by atoms with Crippen LogP contribution < -0.4 is 4.72 Å². The summed E-state index contributed by atoms with van der Waals surface area (Å²) in [5, 5.41) is 10.4. The maximum Gasteiger partial charge on any atom is 0.420 e. The Kier molecular flexibility index (Phi) is 13.0. The first-order chi connectivity index (χ1) is 14.6. The van der Waals surface area contributed by atoms with Crippen molar-refractivity contribution in [3.8, 4) is 0 Å². The number of hydrogen-bond acceptors (Lipinski definition) is 6. The third kappa shape index (κ3) is 12.3. The zero-order valence-corrected chi connectivity index (χ0v) is 20.2. The molecule has 1 amide bonds. The van der Waals surface area contributed by atoms with Gasteiger partial charge in [0.15, 0.2) is 5.78 Å². The normalized spacial score (nSPS) is 20.6. The molecule has 31 heavy (non-hydrogen) atoms. The van der Waals surface area contributed by atoms with Crippen LogP contribution in [0.2, 0.25) is 0 Å². The first-order valence-corrected chi connectivity index (χ1v) is 13.6. The average Bonchev–Trinajstić information content (AvgIpc) is 3.04. The Bertz CT molecular complexity index is 676. The zero-order chi connectivity index (χ0) is 23.3. The topological polar surface area (TPSA) is 110 Å². The van der Waals surface area contributed by atoms with Crippen molar-refractivity contribution in [3.05, 3.63) is 12.2 Å². The highest BCUT2D eigenvalue weighted by Gasteiger charge is 2.30. The molecular weight excluding hydrogens is 418 g/mol. The van der Waals surface area contributed by atoms with Gasteiger partial charge in [-0.2, -0.15) is 0 Å². The van der Waals surface area contributed by atoms with E-state index in [0.29, 0.717) is 12.3 Å². The Labute approximate surface area is 188 Å². The number of rotatable bonds is 16. The number of ether oxygens (including phenoxy) is 1. The molecule has 2 N–H and O–H groups in total. The predicted molar refractivity (Wildman–Crippen MR) is 122 cm³/mol. The number of carbonyl (C=O) groups is 2. The fraction of sp³-hybridized carbons (Fsp3) is 0.826. The molecule has 0 bridgehead atoms. The predicted octanol–water partition coefficient (Wildman–Crippen LogP) is 4.35. The summed E-state index contributed by atoms with van der Waals surface area (Å²) in [7, 11) is -3.58. The lowest BCUT2D eigenvalue weighted by Crippen LogP contribution is -2.30. The molecule has 1 aliphatic carbocycles. The second kappa shape index (κ2) is 14.6. The highest BCUT2D eigenvalue weighted by molar-refractivity contribution is 7.89. The summed E-state index contributed by atoms with van der Waals surface area (Å²) in [6, 6.07) is 0. The third-order valence-corrected chi connectivity index (χ3v) is 6.55. The second-order valence-electron chi connectivity index (χ2n) is 8.86. The van der Waals surface area contributed by atoms with Gasteiger partial charge in [0, 0.05) is 5.92 Å². The molecule has 0 saturated carbocycles. The maximum absolute atomic E-state index is 12.2. The first kappa shape index (κ1) is 27.6. The smallest absolute Gasteiger partial charge is 0.420 e. The zero-order valence-electron chi connectivity index (χ0n) is 19.3. The molecule has 0 aromatic rings. The van der Waals surface area contributed by atoms with Crippen LogP contribution in [0.15, 0.2) is 12.2 Å². The van der Waals surface area contributed by atoms with Crippen molar-refractivity contribution in [2.75, 3.05) is 12.9 Å². The number of unbranched alkanes of at least 4 members (excludes halogenated alkanes) is 5. The van der Waals surface area contributed by atoms with Crippen LogP contribution in [0.3, 0.4) is 0 Å². The summed E-state index contributed by atoms with van der Waals surface area (Å²) in [5.41, 5.74) is 0. The fourth-order valence-electron chi connectivity index (χ4n) is 4.05. The van der Waals surface area contributed by atoms with Crippen molar-refractivity contribution in [1.82, 2.24) is 4.72 Å². The number of ketones is 1. The molecule has 0 saturated heterocycles. The monoisotopic (exact) mass is 459 g/mol. The van der Waals surface area contributed by atoms with Gasteiger partial charge in [-0.1, -0.05) is 58.4 Å². The van der Waals surface area contributed by atoms with Gasteiger partial charge in [-0.3, -0.25) is 4.79 Å². The van der Waals surface area contributed by atoms with E-state index in [2.05, 4.69) is 13.8 Å². The van der Waals surface area contributed by atoms with Gasteiger partial charge in [0.2, 0.25) is 10.0 Å². The number of nitrogens with one attached hydrogen (secondary N) is 1. The van der Waals surface area contributed by atoms with E-state index in [0.717, 1.165) is 70.5 Å². The molecule has 0 fully saturated rings. The molecular formula is C23H41NO6S. The number of amides is 1. The summed E-state index contributed by atoms with van der Waals surface area (Å²) in [5.74, 6) is 0.799. The molecule has 4 atom stereocenters. The Hall–Kier alpha value is -1.41. The van der Waals surface area contributed by atoms with Crippen molar-refractivity contribution in [2.24, 2.45) is 17.8 Å². The van der Waals surface area contributed by atoms with Crippen LogP contribution in [0.5, 0.6) is 0 Å². The van der Waals surface area contributed by atoms with E-state index in [1.54, 1.807) is 10.8 Å². The molecule has 8 heteroatoms. The average molecular weight is 460 g/mol. The van der Waals surface area contributed by atoms with E-state index in [-0.39, 0.29) is 30.3 Å². The molecule has 180 valence electrons. The summed E-state index contributed by atoms with van der Waals surface area (Å²) < 4.78 is 28.4. The molecule has 0 aromatic heterocycles. The van der Waals surface area contributed by atoms with Crippen LogP contribution in [-0.2, 0) is 19.6 Å². The Morgan fingerprint density at radius 3 is 2.48 bits per heavy atom.